The second kappa shape index (κ2) is 9.43. The quantitative estimate of drug-likeness (QED) is 0.538. The van der Waals surface area contributed by atoms with Crippen LogP contribution in [-0.2, 0) is 9.59 Å². The van der Waals surface area contributed by atoms with Crippen LogP contribution in [0.2, 0.25) is 5.02 Å². The Kier molecular flexibility index (Phi) is 7.27. The molecule has 0 aliphatic carbocycles. The fourth-order valence-corrected chi connectivity index (χ4v) is 2.84. The minimum atomic E-state index is -0.135. The van der Waals surface area contributed by atoms with E-state index in [4.69, 9.17) is 11.6 Å². The molecule has 0 atom stereocenters. The predicted molar refractivity (Wildman–Crippen MR) is 98.0 cm³/mol. The Morgan fingerprint density at radius 1 is 1.28 bits per heavy atom. The summed E-state index contributed by atoms with van der Waals surface area (Å²) in [6.45, 7) is 4.44. The van der Waals surface area contributed by atoms with Gasteiger partial charge in [0.2, 0.25) is 11.8 Å². The lowest BCUT2D eigenvalue weighted by Gasteiger charge is -2.09. The van der Waals surface area contributed by atoms with E-state index < -0.39 is 0 Å². The minimum absolute atomic E-state index is 0.0294. The molecule has 2 N–H and O–H groups in total. The third kappa shape index (κ3) is 6.06. The number of hydrogen-bond acceptors (Lipinski definition) is 5. The van der Waals surface area contributed by atoms with Crippen LogP contribution >= 0.6 is 23.4 Å². The topological polar surface area (TPSA) is 88.9 Å². The van der Waals surface area contributed by atoms with Gasteiger partial charge in [0.1, 0.15) is 6.33 Å². The molecule has 1 aromatic heterocycles. The SMILES string of the molecule is CC(C)C(=O)NCCNC(=O)CSc1nncn1-c1cccc(Cl)c1. The van der Waals surface area contributed by atoms with Crippen LogP contribution in [0.25, 0.3) is 5.69 Å². The fourth-order valence-electron chi connectivity index (χ4n) is 1.90. The lowest BCUT2D eigenvalue weighted by Crippen LogP contribution is -2.37. The number of carbonyl (C=O) groups is 2. The number of halogens is 1. The maximum atomic E-state index is 11.9. The van der Waals surface area contributed by atoms with Crippen LogP contribution in [-0.4, -0.2) is 45.4 Å². The predicted octanol–water partition coefficient (Wildman–Crippen LogP) is 1.90. The number of thioether (sulfide) groups is 1. The molecular weight excluding hydrogens is 362 g/mol. The van der Waals surface area contributed by atoms with Gasteiger partial charge in [-0.3, -0.25) is 14.2 Å². The second-order valence-electron chi connectivity index (χ2n) is 5.55. The molecule has 9 heteroatoms. The van der Waals surface area contributed by atoms with Crippen LogP contribution in [0.3, 0.4) is 0 Å². The molecule has 0 unspecified atom stereocenters. The number of aromatic nitrogens is 3. The van der Waals surface area contributed by atoms with E-state index in [1.54, 1.807) is 23.0 Å². The molecule has 0 saturated carbocycles. The summed E-state index contributed by atoms with van der Waals surface area (Å²) in [5.74, 6) is -0.0241. The monoisotopic (exact) mass is 381 g/mol. The molecule has 0 spiro atoms. The van der Waals surface area contributed by atoms with E-state index in [-0.39, 0.29) is 23.5 Å². The van der Waals surface area contributed by atoms with Gasteiger partial charge in [-0.05, 0) is 18.2 Å². The standard InChI is InChI=1S/C16H20ClN5O2S/c1-11(2)15(24)19-7-6-18-14(23)9-25-16-21-20-10-22(16)13-5-3-4-12(17)8-13/h3-5,8,10-11H,6-7,9H2,1-2H3,(H,18,23)(H,19,24). The van der Waals surface area contributed by atoms with Crippen LogP contribution < -0.4 is 10.6 Å². The third-order valence-corrected chi connectivity index (χ3v) is 4.38. The van der Waals surface area contributed by atoms with E-state index >= 15 is 0 Å². The molecule has 0 saturated heterocycles. The number of benzene rings is 1. The highest BCUT2D eigenvalue weighted by atomic mass is 35.5. The highest BCUT2D eigenvalue weighted by Gasteiger charge is 2.11. The zero-order valence-electron chi connectivity index (χ0n) is 14.0. The zero-order valence-corrected chi connectivity index (χ0v) is 15.6. The van der Waals surface area contributed by atoms with Crippen molar-refractivity contribution in [3.8, 4) is 5.69 Å². The van der Waals surface area contributed by atoms with Gasteiger partial charge in [0.15, 0.2) is 5.16 Å². The lowest BCUT2D eigenvalue weighted by molar-refractivity contribution is -0.124. The molecule has 1 aromatic carbocycles. The van der Waals surface area contributed by atoms with Crippen molar-refractivity contribution in [2.75, 3.05) is 18.8 Å². The van der Waals surface area contributed by atoms with Crippen LogP contribution in [0.4, 0.5) is 0 Å². The van der Waals surface area contributed by atoms with Crippen LogP contribution in [0.15, 0.2) is 35.7 Å². The summed E-state index contributed by atoms with van der Waals surface area (Å²) >= 11 is 7.28. The van der Waals surface area contributed by atoms with Crippen molar-refractivity contribution in [2.45, 2.75) is 19.0 Å². The molecule has 2 aromatic rings. The number of carbonyl (C=O) groups excluding carboxylic acids is 2. The average Bonchev–Trinajstić information content (AvgIpc) is 3.05. The van der Waals surface area contributed by atoms with Crippen molar-refractivity contribution in [2.24, 2.45) is 5.92 Å². The maximum Gasteiger partial charge on any atom is 0.230 e. The Hall–Kier alpha value is -2.06. The van der Waals surface area contributed by atoms with Gasteiger partial charge in [-0.1, -0.05) is 43.3 Å². The normalized spacial score (nSPS) is 10.7. The highest BCUT2D eigenvalue weighted by molar-refractivity contribution is 7.99. The first-order valence-electron chi connectivity index (χ1n) is 7.80. The van der Waals surface area contributed by atoms with Crippen molar-refractivity contribution in [3.05, 3.63) is 35.6 Å². The van der Waals surface area contributed by atoms with E-state index in [0.717, 1.165) is 5.69 Å². The van der Waals surface area contributed by atoms with E-state index in [0.29, 0.717) is 23.3 Å². The summed E-state index contributed by atoms with van der Waals surface area (Å²) in [5.41, 5.74) is 0.830. The van der Waals surface area contributed by atoms with Gasteiger partial charge < -0.3 is 10.6 Å². The largest absolute Gasteiger partial charge is 0.354 e. The fraction of sp³-hybridized carbons (Fsp3) is 0.375. The van der Waals surface area contributed by atoms with Crippen molar-refractivity contribution in [1.29, 1.82) is 0 Å². The molecule has 0 fully saturated rings. The second-order valence-corrected chi connectivity index (χ2v) is 6.93. The molecule has 1 heterocycles. The summed E-state index contributed by atoms with van der Waals surface area (Å²) in [6.07, 6.45) is 1.58. The molecule has 7 nitrogen and oxygen atoms in total. The zero-order chi connectivity index (χ0) is 18.2. The molecule has 2 rings (SSSR count). The smallest absolute Gasteiger partial charge is 0.230 e. The molecule has 25 heavy (non-hydrogen) atoms. The Morgan fingerprint density at radius 2 is 2.04 bits per heavy atom. The minimum Gasteiger partial charge on any atom is -0.354 e. The van der Waals surface area contributed by atoms with E-state index in [2.05, 4.69) is 20.8 Å². The Labute approximate surface area is 155 Å². The first-order valence-corrected chi connectivity index (χ1v) is 9.17. The molecular formula is C16H20ClN5O2S. The van der Waals surface area contributed by atoms with Crippen molar-refractivity contribution in [1.82, 2.24) is 25.4 Å². The van der Waals surface area contributed by atoms with Gasteiger partial charge in [0.25, 0.3) is 0 Å². The van der Waals surface area contributed by atoms with Crippen LogP contribution in [0.1, 0.15) is 13.8 Å². The summed E-state index contributed by atoms with van der Waals surface area (Å²) in [5, 5.41) is 14.6. The van der Waals surface area contributed by atoms with Crippen LogP contribution in [0, 0.1) is 5.92 Å². The van der Waals surface area contributed by atoms with Crippen molar-refractivity contribution < 1.29 is 9.59 Å². The summed E-state index contributed by atoms with van der Waals surface area (Å²) in [7, 11) is 0. The van der Waals surface area contributed by atoms with E-state index in [1.807, 2.05) is 26.0 Å². The Morgan fingerprint density at radius 3 is 2.76 bits per heavy atom. The number of amides is 2. The molecule has 2 amide bonds. The van der Waals surface area contributed by atoms with Gasteiger partial charge in [-0.25, -0.2) is 0 Å². The van der Waals surface area contributed by atoms with Gasteiger partial charge >= 0.3 is 0 Å². The molecule has 0 bridgehead atoms. The maximum absolute atomic E-state index is 11.9. The number of rotatable bonds is 8. The first kappa shape index (κ1) is 19.3. The number of nitrogens with one attached hydrogen (secondary N) is 2. The van der Waals surface area contributed by atoms with Gasteiger partial charge in [0, 0.05) is 24.0 Å². The van der Waals surface area contributed by atoms with Crippen LogP contribution in [0.5, 0.6) is 0 Å². The molecule has 0 radical (unpaired) electrons. The Balaban J connectivity index is 1.79. The number of nitrogens with zero attached hydrogens (tertiary/aromatic N) is 3. The summed E-state index contributed by atoms with van der Waals surface area (Å²) < 4.78 is 1.77. The molecule has 0 aliphatic rings. The summed E-state index contributed by atoms with van der Waals surface area (Å²) in [4.78, 5) is 23.3. The Bertz CT molecular complexity index is 735. The third-order valence-electron chi connectivity index (χ3n) is 3.21. The van der Waals surface area contributed by atoms with E-state index in [9.17, 15) is 9.59 Å². The van der Waals surface area contributed by atoms with Gasteiger partial charge in [0.05, 0.1) is 11.4 Å². The number of hydrogen-bond donors (Lipinski definition) is 2. The first-order chi connectivity index (χ1) is 12.0. The molecule has 134 valence electrons. The van der Waals surface area contributed by atoms with E-state index in [1.165, 1.54) is 11.8 Å². The lowest BCUT2D eigenvalue weighted by atomic mass is 10.2. The highest BCUT2D eigenvalue weighted by Crippen LogP contribution is 2.21. The van der Waals surface area contributed by atoms with Gasteiger partial charge in [-0.2, -0.15) is 0 Å². The van der Waals surface area contributed by atoms with Crippen molar-refractivity contribution >= 4 is 35.2 Å². The average molecular weight is 382 g/mol. The van der Waals surface area contributed by atoms with Gasteiger partial charge in [-0.15, -0.1) is 10.2 Å². The van der Waals surface area contributed by atoms with Crippen molar-refractivity contribution in [3.63, 3.8) is 0 Å². The summed E-state index contributed by atoms with van der Waals surface area (Å²) in [6, 6.07) is 7.31. The molecule has 0 aliphatic heterocycles.